The van der Waals surface area contributed by atoms with Gasteiger partial charge in [0.05, 0.1) is 4.47 Å². The summed E-state index contributed by atoms with van der Waals surface area (Å²) in [5.41, 5.74) is 7.07. The Hall–Kier alpha value is -0.450. The molecule has 1 aromatic rings. The van der Waals surface area contributed by atoms with E-state index in [4.69, 9.17) is 5.73 Å². The van der Waals surface area contributed by atoms with Crippen molar-refractivity contribution in [1.29, 1.82) is 0 Å². The second-order valence-corrected chi connectivity index (χ2v) is 6.90. The molecule has 1 saturated heterocycles. The molecule has 1 atom stereocenters. The van der Waals surface area contributed by atoms with E-state index in [0.29, 0.717) is 11.0 Å². The lowest BCUT2D eigenvalue weighted by Crippen LogP contribution is -2.40. The Kier molecular flexibility index (Phi) is 5.58. The van der Waals surface area contributed by atoms with E-state index < -0.39 is 0 Å². The summed E-state index contributed by atoms with van der Waals surface area (Å²) in [6.45, 7) is 7.35. The molecular weight excluding hydrogens is 319 g/mol. The van der Waals surface area contributed by atoms with Crippen LogP contribution in [0.2, 0.25) is 0 Å². The molecular formula is C16H24BrFN2. The van der Waals surface area contributed by atoms with Gasteiger partial charge in [0.1, 0.15) is 5.82 Å². The van der Waals surface area contributed by atoms with Gasteiger partial charge in [0.15, 0.2) is 0 Å². The lowest BCUT2D eigenvalue weighted by Gasteiger charge is -2.38. The first-order valence-electron chi connectivity index (χ1n) is 7.42. The van der Waals surface area contributed by atoms with E-state index in [1.807, 2.05) is 12.1 Å². The van der Waals surface area contributed by atoms with Gasteiger partial charge >= 0.3 is 0 Å². The number of benzene rings is 1. The Morgan fingerprint density at radius 3 is 2.50 bits per heavy atom. The van der Waals surface area contributed by atoms with Crippen molar-refractivity contribution in [3.8, 4) is 0 Å². The van der Waals surface area contributed by atoms with Crippen LogP contribution < -0.4 is 5.73 Å². The number of hydrogen-bond acceptors (Lipinski definition) is 2. The molecule has 1 aromatic carbocycles. The first-order valence-corrected chi connectivity index (χ1v) is 8.21. The molecule has 0 saturated carbocycles. The highest BCUT2D eigenvalue weighted by Crippen LogP contribution is 2.31. The van der Waals surface area contributed by atoms with Gasteiger partial charge in [0.25, 0.3) is 0 Å². The number of nitrogens with two attached hydrogens (primary N) is 1. The van der Waals surface area contributed by atoms with E-state index in [0.717, 1.165) is 30.5 Å². The van der Waals surface area contributed by atoms with Crippen molar-refractivity contribution in [2.45, 2.75) is 32.7 Å². The van der Waals surface area contributed by atoms with Gasteiger partial charge in [-0.05, 0) is 71.4 Å². The average molecular weight is 343 g/mol. The second kappa shape index (κ2) is 7.01. The van der Waals surface area contributed by atoms with Crippen LogP contribution in [0.25, 0.3) is 0 Å². The predicted octanol–water partition coefficient (Wildman–Crippen LogP) is 3.96. The molecule has 112 valence electrons. The summed E-state index contributed by atoms with van der Waals surface area (Å²) in [5, 5.41) is 0. The maximum atomic E-state index is 13.4. The van der Waals surface area contributed by atoms with Gasteiger partial charge in [-0.15, -0.1) is 0 Å². The predicted molar refractivity (Wildman–Crippen MR) is 85.0 cm³/mol. The normalized spacial score (nSPS) is 19.5. The third-order valence-corrected chi connectivity index (χ3v) is 5.12. The SMILES string of the molecule is CC(C)C1CCN(C(CN)c2ccc(F)c(Br)c2)CC1. The van der Waals surface area contributed by atoms with Gasteiger partial charge < -0.3 is 5.73 Å². The van der Waals surface area contributed by atoms with Crippen LogP contribution in [0.5, 0.6) is 0 Å². The zero-order chi connectivity index (χ0) is 14.7. The highest BCUT2D eigenvalue weighted by molar-refractivity contribution is 9.10. The van der Waals surface area contributed by atoms with Crippen molar-refractivity contribution in [3.63, 3.8) is 0 Å². The summed E-state index contributed by atoms with van der Waals surface area (Å²) in [6.07, 6.45) is 2.47. The fraction of sp³-hybridized carbons (Fsp3) is 0.625. The number of rotatable bonds is 4. The number of hydrogen-bond donors (Lipinski definition) is 1. The van der Waals surface area contributed by atoms with E-state index in [9.17, 15) is 4.39 Å². The highest BCUT2D eigenvalue weighted by Gasteiger charge is 2.26. The van der Waals surface area contributed by atoms with Crippen LogP contribution >= 0.6 is 15.9 Å². The molecule has 0 radical (unpaired) electrons. The zero-order valence-corrected chi connectivity index (χ0v) is 13.9. The molecule has 2 nitrogen and oxygen atoms in total. The number of nitrogens with zero attached hydrogens (tertiary/aromatic N) is 1. The van der Waals surface area contributed by atoms with Crippen LogP contribution in [0.3, 0.4) is 0 Å². The van der Waals surface area contributed by atoms with Gasteiger partial charge in [-0.3, -0.25) is 4.90 Å². The fourth-order valence-corrected chi connectivity index (χ4v) is 3.51. The van der Waals surface area contributed by atoms with Crippen molar-refractivity contribution in [3.05, 3.63) is 34.1 Å². The summed E-state index contributed by atoms with van der Waals surface area (Å²) in [7, 11) is 0. The van der Waals surface area contributed by atoms with E-state index in [1.165, 1.54) is 18.9 Å². The van der Waals surface area contributed by atoms with Gasteiger partial charge in [-0.25, -0.2) is 4.39 Å². The number of piperidine rings is 1. The average Bonchev–Trinajstić information content (AvgIpc) is 2.44. The Balaban J connectivity index is 2.07. The van der Waals surface area contributed by atoms with Gasteiger partial charge in [0.2, 0.25) is 0 Å². The smallest absolute Gasteiger partial charge is 0.137 e. The van der Waals surface area contributed by atoms with Crippen LogP contribution in [-0.2, 0) is 0 Å². The minimum Gasteiger partial charge on any atom is -0.329 e. The minimum absolute atomic E-state index is 0.194. The lowest BCUT2D eigenvalue weighted by atomic mass is 9.86. The second-order valence-electron chi connectivity index (χ2n) is 6.04. The van der Waals surface area contributed by atoms with Crippen molar-refractivity contribution in [2.75, 3.05) is 19.6 Å². The third kappa shape index (κ3) is 3.60. The minimum atomic E-state index is -0.219. The van der Waals surface area contributed by atoms with E-state index in [2.05, 4.69) is 34.7 Å². The van der Waals surface area contributed by atoms with Crippen molar-refractivity contribution in [1.82, 2.24) is 4.90 Å². The van der Waals surface area contributed by atoms with Gasteiger partial charge in [0, 0.05) is 12.6 Å². The fourth-order valence-electron chi connectivity index (χ4n) is 3.11. The third-order valence-electron chi connectivity index (χ3n) is 4.51. The maximum absolute atomic E-state index is 13.4. The lowest BCUT2D eigenvalue weighted by molar-refractivity contribution is 0.117. The molecule has 0 aromatic heterocycles. The molecule has 0 spiro atoms. The molecule has 1 aliphatic rings. The summed E-state index contributed by atoms with van der Waals surface area (Å²) >= 11 is 3.26. The van der Waals surface area contributed by atoms with E-state index >= 15 is 0 Å². The largest absolute Gasteiger partial charge is 0.329 e. The van der Waals surface area contributed by atoms with E-state index in [-0.39, 0.29) is 11.9 Å². The Bertz CT molecular complexity index is 442. The molecule has 0 amide bonds. The molecule has 1 unspecified atom stereocenters. The van der Waals surface area contributed by atoms with Gasteiger partial charge in [-0.2, -0.15) is 0 Å². The summed E-state index contributed by atoms with van der Waals surface area (Å²) < 4.78 is 13.9. The maximum Gasteiger partial charge on any atom is 0.137 e. The molecule has 0 aliphatic carbocycles. The standard InChI is InChI=1S/C16H24BrFN2/c1-11(2)12-5-7-20(8-6-12)16(10-19)13-3-4-15(18)14(17)9-13/h3-4,9,11-12,16H,5-8,10,19H2,1-2H3. The molecule has 2 N–H and O–H groups in total. The van der Waals surface area contributed by atoms with Crippen molar-refractivity contribution >= 4 is 15.9 Å². The molecule has 20 heavy (non-hydrogen) atoms. The van der Waals surface area contributed by atoms with Crippen molar-refractivity contribution < 1.29 is 4.39 Å². The Labute approximate surface area is 129 Å². The van der Waals surface area contributed by atoms with Crippen LogP contribution in [0, 0.1) is 17.7 Å². The Morgan fingerprint density at radius 2 is 2.00 bits per heavy atom. The molecule has 0 bridgehead atoms. The van der Waals surface area contributed by atoms with Crippen LogP contribution in [-0.4, -0.2) is 24.5 Å². The quantitative estimate of drug-likeness (QED) is 0.897. The molecule has 4 heteroatoms. The highest BCUT2D eigenvalue weighted by atomic mass is 79.9. The van der Waals surface area contributed by atoms with Crippen LogP contribution in [0.4, 0.5) is 4.39 Å². The van der Waals surface area contributed by atoms with Crippen LogP contribution in [0.1, 0.15) is 38.3 Å². The summed E-state index contributed by atoms with van der Waals surface area (Å²) in [5.74, 6) is 1.36. The molecule has 1 aliphatic heterocycles. The summed E-state index contributed by atoms with van der Waals surface area (Å²) in [6, 6.07) is 5.43. The first-order chi connectivity index (χ1) is 9.52. The monoisotopic (exact) mass is 342 g/mol. The summed E-state index contributed by atoms with van der Waals surface area (Å²) in [4.78, 5) is 2.44. The van der Waals surface area contributed by atoms with Crippen LogP contribution in [0.15, 0.2) is 22.7 Å². The van der Waals surface area contributed by atoms with E-state index in [1.54, 1.807) is 0 Å². The first kappa shape index (κ1) is 15.9. The topological polar surface area (TPSA) is 29.3 Å². The van der Waals surface area contributed by atoms with Gasteiger partial charge in [-0.1, -0.05) is 19.9 Å². The zero-order valence-electron chi connectivity index (χ0n) is 12.3. The molecule has 1 fully saturated rings. The Morgan fingerprint density at radius 1 is 1.35 bits per heavy atom. The molecule has 2 rings (SSSR count). The molecule has 1 heterocycles. The number of halogens is 2. The van der Waals surface area contributed by atoms with Crippen molar-refractivity contribution in [2.24, 2.45) is 17.6 Å². The number of likely N-dealkylation sites (tertiary alicyclic amines) is 1.